The van der Waals surface area contributed by atoms with Gasteiger partial charge in [0.25, 0.3) is 0 Å². The van der Waals surface area contributed by atoms with Crippen LogP contribution in [0.4, 0.5) is 0 Å². The molecule has 0 bridgehead atoms. The number of nitrogens with one attached hydrogen (secondary N) is 1. The van der Waals surface area contributed by atoms with Gasteiger partial charge in [-0.3, -0.25) is 14.6 Å². The van der Waals surface area contributed by atoms with E-state index in [9.17, 15) is 4.79 Å². The number of aromatic nitrogens is 1. The zero-order valence-electron chi connectivity index (χ0n) is 20.8. The number of piperidine rings is 1. The highest BCUT2D eigenvalue weighted by molar-refractivity contribution is 6.30. The van der Waals surface area contributed by atoms with E-state index in [0.717, 1.165) is 57.1 Å². The van der Waals surface area contributed by atoms with Crippen LogP contribution in [0.15, 0.2) is 54.6 Å². The third-order valence-electron chi connectivity index (χ3n) is 7.91. The number of carbonyl (C=O) groups is 1. The molecule has 5 nitrogen and oxygen atoms in total. The number of halogens is 1. The molecule has 1 N–H and O–H groups in total. The molecule has 5 rings (SSSR count). The van der Waals surface area contributed by atoms with Gasteiger partial charge in [0, 0.05) is 47.8 Å². The molecule has 0 aliphatic carbocycles. The number of nitrogens with zero attached hydrogens (tertiary/aromatic N) is 3. The molecule has 1 amide bonds. The minimum atomic E-state index is 0.141. The standard InChI is InChI=1S/C29H37ClN4O/c1-2-33-15-5-7-26(33)19-31-29(35)23-13-16-32(17-14-23)21-27-18-24-6-3-4-8-28(24)34(27)20-22-9-11-25(30)12-10-22/h3-4,6,8-12,18,23,26H,2,5,7,13-17,19-21H2,1H3,(H,31,35). The van der Waals surface area contributed by atoms with Crippen LogP contribution < -0.4 is 5.32 Å². The maximum atomic E-state index is 12.9. The van der Waals surface area contributed by atoms with E-state index in [1.165, 1.54) is 41.5 Å². The van der Waals surface area contributed by atoms with Crippen LogP contribution in [0.1, 0.15) is 43.9 Å². The van der Waals surface area contributed by atoms with E-state index < -0.39 is 0 Å². The van der Waals surface area contributed by atoms with Crippen LogP contribution in [-0.2, 0) is 17.9 Å². The van der Waals surface area contributed by atoms with Crippen molar-refractivity contribution < 1.29 is 4.79 Å². The average molecular weight is 493 g/mol. The van der Waals surface area contributed by atoms with Gasteiger partial charge < -0.3 is 9.88 Å². The Kier molecular flexibility index (Phi) is 7.76. The van der Waals surface area contributed by atoms with Crippen LogP contribution in [0.2, 0.25) is 5.02 Å². The Labute approximate surface area is 214 Å². The quantitative estimate of drug-likeness (QED) is 0.472. The highest BCUT2D eigenvalue weighted by Gasteiger charge is 2.28. The smallest absolute Gasteiger partial charge is 0.223 e. The van der Waals surface area contributed by atoms with E-state index in [1.54, 1.807) is 0 Å². The van der Waals surface area contributed by atoms with Crippen molar-refractivity contribution in [1.29, 1.82) is 0 Å². The number of fused-ring (bicyclic) bond motifs is 1. The lowest BCUT2D eigenvalue weighted by Gasteiger charge is -2.32. The van der Waals surface area contributed by atoms with Crippen LogP contribution in [0.5, 0.6) is 0 Å². The molecule has 1 aromatic heterocycles. The predicted molar refractivity (Wildman–Crippen MR) is 144 cm³/mol. The van der Waals surface area contributed by atoms with Gasteiger partial charge in [0.15, 0.2) is 0 Å². The van der Waals surface area contributed by atoms with Crippen molar-refractivity contribution in [1.82, 2.24) is 19.7 Å². The number of carbonyl (C=O) groups excluding carboxylic acids is 1. The lowest BCUT2D eigenvalue weighted by atomic mass is 9.95. The number of para-hydroxylation sites is 1. The van der Waals surface area contributed by atoms with Crippen LogP contribution in [0, 0.1) is 5.92 Å². The van der Waals surface area contributed by atoms with E-state index >= 15 is 0 Å². The first-order valence-electron chi connectivity index (χ1n) is 13.2. The molecule has 186 valence electrons. The number of likely N-dealkylation sites (N-methyl/N-ethyl adjacent to an activating group) is 1. The van der Waals surface area contributed by atoms with Gasteiger partial charge in [-0.25, -0.2) is 0 Å². The van der Waals surface area contributed by atoms with E-state index in [2.05, 4.69) is 69.1 Å². The van der Waals surface area contributed by atoms with Gasteiger partial charge in [0.2, 0.25) is 5.91 Å². The number of hydrogen-bond donors (Lipinski definition) is 1. The SMILES string of the molecule is CCN1CCCC1CNC(=O)C1CCN(Cc2cc3ccccc3n2Cc2ccc(Cl)cc2)CC1. The third-order valence-corrected chi connectivity index (χ3v) is 8.16. The third kappa shape index (κ3) is 5.74. The number of benzene rings is 2. The molecule has 1 unspecified atom stereocenters. The Hall–Kier alpha value is -2.34. The summed E-state index contributed by atoms with van der Waals surface area (Å²) < 4.78 is 2.43. The molecule has 1 atom stereocenters. The zero-order chi connectivity index (χ0) is 24.2. The lowest BCUT2D eigenvalue weighted by Crippen LogP contribution is -2.44. The highest BCUT2D eigenvalue weighted by Crippen LogP contribution is 2.25. The van der Waals surface area contributed by atoms with E-state index in [4.69, 9.17) is 11.6 Å². The minimum Gasteiger partial charge on any atom is -0.354 e. The first-order chi connectivity index (χ1) is 17.1. The minimum absolute atomic E-state index is 0.141. The molecule has 2 aliphatic rings. The van der Waals surface area contributed by atoms with Crippen LogP contribution in [0.25, 0.3) is 10.9 Å². The van der Waals surface area contributed by atoms with Crippen molar-refractivity contribution >= 4 is 28.4 Å². The average Bonchev–Trinajstić information content (AvgIpc) is 3.48. The van der Waals surface area contributed by atoms with Gasteiger partial charge >= 0.3 is 0 Å². The molecular formula is C29H37ClN4O. The Morgan fingerprint density at radius 2 is 1.77 bits per heavy atom. The summed E-state index contributed by atoms with van der Waals surface area (Å²) in [5, 5.41) is 5.31. The molecule has 6 heteroatoms. The first kappa shape index (κ1) is 24.4. The number of rotatable bonds is 8. The second-order valence-electron chi connectivity index (χ2n) is 10.1. The van der Waals surface area contributed by atoms with Gasteiger partial charge in [-0.1, -0.05) is 48.9 Å². The second-order valence-corrected chi connectivity index (χ2v) is 10.6. The van der Waals surface area contributed by atoms with Crippen LogP contribution in [0.3, 0.4) is 0 Å². The van der Waals surface area contributed by atoms with Gasteiger partial charge in [-0.05, 0) is 87.1 Å². The van der Waals surface area contributed by atoms with Crippen molar-refractivity contribution in [2.24, 2.45) is 5.92 Å². The fourth-order valence-corrected chi connectivity index (χ4v) is 5.97. The topological polar surface area (TPSA) is 40.5 Å². The van der Waals surface area contributed by atoms with E-state index in [0.29, 0.717) is 6.04 Å². The maximum Gasteiger partial charge on any atom is 0.223 e. The van der Waals surface area contributed by atoms with Gasteiger partial charge in [0.1, 0.15) is 0 Å². The van der Waals surface area contributed by atoms with Gasteiger partial charge in [0.05, 0.1) is 0 Å². The largest absolute Gasteiger partial charge is 0.354 e. The van der Waals surface area contributed by atoms with Gasteiger partial charge in [-0.2, -0.15) is 0 Å². The number of likely N-dealkylation sites (tertiary alicyclic amines) is 2. The molecule has 2 fully saturated rings. The van der Waals surface area contributed by atoms with Crippen molar-refractivity contribution in [2.45, 2.75) is 51.7 Å². The second kappa shape index (κ2) is 11.2. The Morgan fingerprint density at radius 3 is 2.54 bits per heavy atom. The van der Waals surface area contributed by atoms with Crippen LogP contribution in [-0.4, -0.2) is 59.0 Å². The van der Waals surface area contributed by atoms with Crippen molar-refractivity contribution in [3.8, 4) is 0 Å². The summed E-state index contributed by atoms with van der Waals surface area (Å²) in [5.41, 5.74) is 3.83. The maximum absolute atomic E-state index is 12.9. The monoisotopic (exact) mass is 492 g/mol. The van der Waals surface area contributed by atoms with Crippen molar-refractivity contribution in [3.05, 3.63) is 70.9 Å². The molecule has 2 saturated heterocycles. The van der Waals surface area contributed by atoms with Crippen molar-refractivity contribution in [2.75, 3.05) is 32.7 Å². The summed E-state index contributed by atoms with van der Waals surface area (Å²) in [6, 6.07) is 19.6. The first-order valence-corrected chi connectivity index (χ1v) is 13.5. The summed E-state index contributed by atoms with van der Waals surface area (Å²) in [5.74, 6) is 0.395. The van der Waals surface area contributed by atoms with E-state index in [1.807, 2.05) is 12.1 Å². The number of amides is 1. The van der Waals surface area contributed by atoms with Gasteiger partial charge in [-0.15, -0.1) is 0 Å². The molecule has 35 heavy (non-hydrogen) atoms. The molecule has 2 aromatic carbocycles. The normalized spacial score (nSPS) is 20.0. The molecule has 3 aromatic rings. The summed E-state index contributed by atoms with van der Waals surface area (Å²) in [6.07, 6.45) is 4.33. The molecular weight excluding hydrogens is 456 g/mol. The molecule has 0 radical (unpaired) electrons. The van der Waals surface area contributed by atoms with E-state index in [-0.39, 0.29) is 11.8 Å². The Morgan fingerprint density at radius 1 is 1.00 bits per heavy atom. The Bertz CT molecular complexity index is 1130. The molecule has 2 aliphatic heterocycles. The summed E-state index contributed by atoms with van der Waals surface area (Å²) in [6.45, 7) is 8.93. The fourth-order valence-electron chi connectivity index (χ4n) is 5.85. The molecule has 0 spiro atoms. The highest BCUT2D eigenvalue weighted by atomic mass is 35.5. The molecule has 3 heterocycles. The summed E-state index contributed by atoms with van der Waals surface area (Å²) in [4.78, 5) is 17.8. The van der Waals surface area contributed by atoms with Crippen LogP contribution >= 0.6 is 11.6 Å². The Balaban J connectivity index is 1.20. The summed E-state index contributed by atoms with van der Waals surface area (Å²) >= 11 is 6.10. The lowest BCUT2D eigenvalue weighted by molar-refractivity contribution is -0.126. The predicted octanol–water partition coefficient (Wildman–Crippen LogP) is 5.16. The summed E-state index contributed by atoms with van der Waals surface area (Å²) in [7, 11) is 0. The zero-order valence-corrected chi connectivity index (χ0v) is 21.5. The molecule has 0 saturated carbocycles. The number of hydrogen-bond acceptors (Lipinski definition) is 3. The van der Waals surface area contributed by atoms with Crippen molar-refractivity contribution in [3.63, 3.8) is 0 Å². The fraction of sp³-hybridized carbons (Fsp3) is 0.483.